The summed E-state index contributed by atoms with van der Waals surface area (Å²) in [5, 5.41) is 10.5. The van der Waals surface area contributed by atoms with Crippen molar-refractivity contribution in [3.63, 3.8) is 0 Å². The second kappa shape index (κ2) is 10.4. The molecule has 34 heavy (non-hydrogen) atoms. The summed E-state index contributed by atoms with van der Waals surface area (Å²) in [4.78, 5) is 20.3. The number of phenols is 1. The number of hydrogen-bond acceptors (Lipinski definition) is 7. The van der Waals surface area contributed by atoms with Crippen LogP contribution in [0.5, 0.6) is 23.0 Å². The first-order valence-corrected chi connectivity index (χ1v) is 11.4. The van der Waals surface area contributed by atoms with Gasteiger partial charge in [-0.25, -0.2) is 4.99 Å². The molecule has 1 heterocycles. The molecule has 7 nitrogen and oxygen atoms in total. The standard InChI is InChI=1S/C26H24N2O5S/c1-4-33-23-15-17(5-14-22(23)29)16-24-25(30)28(19-8-12-21(32-3)13-9-19)26(34-24)27-18-6-10-20(31-2)11-7-18/h5-16,29H,4H2,1-3H3/b24-16+,27-26?. The molecule has 1 amide bonds. The number of carbonyl (C=O) groups excluding carboxylic acids is 1. The second-order valence-corrected chi connectivity index (χ2v) is 8.21. The van der Waals surface area contributed by atoms with Gasteiger partial charge in [-0.3, -0.25) is 9.69 Å². The molecule has 0 bridgehead atoms. The Morgan fingerprint density at radius 1 is 0.971 bits per heavy atom. The highest BCUT2D eigenvalue weighted by molar-refractivity contribution is 8.19. The minimum absolute atomic E-state index is 0.0519. The molecule has 1 saturated heterocycles. The number of rotatable bonds is 7. The Morgan fingerprint density at radius 3 is 2.24 bits per heavy atom. The van der Waals surface area contributed by atoms with Crippen molar-refractivity contribution in [2.75, 3.05) is 25.7 Å². The largest absolute Gasteiger partial charge is 0.504 e. The van der Waals surface area contributed by atoms with Gasteiger partial charge >= 0.3 is 0 Å². The van der Waals surface area contributed by atoms with Gasteiger partial charge in [-0.2, -0.15) is 0 Å². The third-order valence-electron chi connectivity index (χ3n) is 5.02. The Balaban J connectivity index is 1.73. The molecule has 8 heteroatoms. The van der Waals surface area contributed by atoms with Crippen molar-refractivity contribution in [2.45, 2.75) is 6.92 Å². The Morgan fingerprint density at radius 2 is 1.62 bits per heavy atom. The quantitative estimate of drug-likeness (QED) is 0.446. The van der Waals surface area contributed by atoms with Gasteiger partial charge in [-0.15, -0.1) is 0 Å². The highest BCUT2D eigenvalue weighted by Gasteiger charge is 2.34. The van der Waals surface area contributed by atoms with Gasteiger partial charge in [-0.1, -0.05) is 6.07 Å². The fourth-order valence-electron chi connectivity index (χ4n) is 3.32. The van der Waals surface area contributed by atoms with E-state index >= 15 is 0 Å². The van der Waals surface area contributed by atoms with Gasteiger partial charge < -0.3 is 19.3 Å². The van der Waals surface area contributed by atoms with Crippen LogP contribution in [0, 0.1) is 0 Å². The number of benzene rings is 3. The molecule has 1 aliphatic heterocycles. The number of aromatic hydroxyl groups is 1. The fourth-order valence-corrected chi connectivity index (χ4v) is 4.32. The highest BCUT2D eigenvalue weighted by Crippen LogP contribution is 2.38. The average molecular weight is 477 g/mol. The van der Waals surface area contributed by atoms with Gasteiger partial charge in [0.25, 0.3) is 5.91 Å². The van der Waals surface area contributed by atoms with Crippen molar-refractivity contribution < 1.29 is 24.1 Å². The summed E-state index contributed by atoms with van der Waals surface area (Å²) in [6.07, 6.45) is 1.77. The molecule has 0 aromatic heterocycles. The lowest BCUT2D eigenvalue weighted by Gasteiger charge is -2.16. The molecule has 174 valence electrons. The molecule has 1 fully saturated rings. The van der Waals surface area contributed by atoms with E-state index in [1.165, 1.54) is 11.8 Å². The SMILES string of the molecule is CCOc1cc(/C=C2/SC(=Nc3ccc(OC)cc3)N(c3ccc(OC)cc3)C2=O)ccc1O. The zero-order valence-corrected chi connectivity index (χ0v) is 19.8. The number of carbonyl (C=O) groups is 1. The summed E-state index contributed by atoms with van der Waals surface area (Å²) in [7, 11) is 3.20. The van der Waals surface area contributed by atoms with Crippen LogP contribution in [0.4, 0.5) is 11.4 Å². The summed E-state index contributed by atoms with van der Waals surface area (Å²) in [6.45, 7) is 2.26. The lowest BCUT2D eigenvalue weighted by molar-refractivity contribution is -0.113. The number of ether oxygens (including phenoxy) is 3. The van der Waals surface area contributed by atoms with E-state index in [0.717, 1.165) is 11.3 Å². The smallest absolute Gasteiger partial charge is 0.271 e. The molecule has 3 aromatic rings. The van der Waals surface area contributed by atoms with E-state index in [1.54, 1.807) is 55.5 Å². The van der Waals surface area contributed by atoms with Gasteiger partial charge in [0, 0.05) is 0 Å². The van der Waals surface area contributed by atoms with Crippen LogP contribution in [0.15, 0.2) is 76.6 Å². The van der Waals surface area contributed by atoms with E-state index in [4.69, 9.17) is 19.2 Å². The lowest BCUT2D eigenvalue weighted by atomic mass is 10.2. The summed E-state index contributed by atoms with van der Waals surface area (Å²) in [5.41, 5.74) is 2.10. The lowest BCUT2D eigenvalue weighted by Crippen LogP contribution is -2.28. The molecule has 0 aliphatic carbocycles. The minimum atomic E-state index is -0.200. The molecule has 1 aliphatic rings. The number of hydrogen-bond donors (Lipinski definition) is 1. The number of methoxy groups -OCH3 is 2. The number of anilines is 1. The summed E-state index contributed by atoms with van der Waals surface area (Å²) in [5.74, 6) is 1.64. The molecule has 0 unspecified atom stereocenters. The van der Waals surface area contributed by atoms with Crippen LogP contribution in [0.25, 0.3) is 6.08 Å². The number of aliphatic imine (C=N–C) groups is 1. The van der Waals surface area contributed by atoms with E-state index < -0.39 is 0 Å². The maximum atomic E-state index is 13.5. The average Bonchev–Trinajstić information content (AvgIpc) is 3.16. The number of phenolic OH excluding ortho intramolecular Hbond substituents is 1. The maximum Gasteiger partial charge on any atom is 0.271 e. The first-order valence-electron chi connectivity index (χ1n) is 10.6. The number of nitrogens with zero attached hydrogens (tertiary/aromatic N) is 2. The summed E-state index contributed by atoms with van der Waals surface area (Å²) >= 11 is 1.28. The van der Waals surface area contributed by atoms with Crippen molar-refractivity contribution in [1.29, 1.82) is 0 Å². The molecule has 3 aromatic carbocycles. The molecule has 0 atom stereocenters. The monoisotopic (exact) mass is 476 g/mol. The first kappa shape index (κ1) is 23.3. The van der Waals surface area contributed by atoms with Crippen molar-refractivity contribution >= 4 is 40.3 Å². The normalized spacial score (nSPS) is 15.7. The molecule has 0 radical (unpaired) electrons. The van der Waals surface area contributed by atoms with E-state index in [-0.39, 0.29) is 11.7 Å². The summed E-state index contributed by atoms with van der Waals surface area (Å²) in [6, 6.07) is 19.5. The molecule has 1 N–H and O–H groups in total. The van der Waals surface area contributed by atoms with Crippen LogP contribution >= 0.6 is 11.8 Å². The van der Waals surface area contributed by atoms with Gasteiger partial charge in [0.15, 0.2) is 16.7 Å². The van der Waals surface area contributed by atoms with E-state index in [0.29, 0.717) is 39.6 Å². The van der Waals surface area contributed by atoms with Crippen LogP contribution in [-0.4, -0.2) is 37.0 Å². The molecule has 0 spiro atoms. The zero-order valence-electron chi connectivity index (χ0n) is 19.0. The van der Waals surface area contributed by atoms with Gasteiger partial charge in [0.05, 0.1) is 37.1 Å². The van der Waals surface area contributed by atoms with Crippen LogP contribution in [0.1, 0.15) is 12.5 Å². The highest BCUT2D eigenvalue weighted by atomic mass is 32.2. The topological polar surface area (TPSA) is 80.6 Å². The Labute approximate surface area is 202 Å². The van der Waals surface area contributed by atoms with E-state index in [2.05, 4.69) is 0 Å². The van der Waals surface area contributed by atoms with Crippen LogP contribution in [0.3, 0.4) is 0 Å². The number of amides is 1. The first-order chi connectivity index (χ1) is 16.5. The predicted molar refractivity (Wildman–Crippen MR) is 135 cm³/mol. The Bertz CT molecular complexity index is 1240. The third-order valence-corrected chi connectivity index (χ3v) is 5.98. The van der Waals surface area contributed by atoms with Gasteiger partial charge in [0.2, 0.25) is 0 Å². The molecule has 4 rings (SSSR count). The minimum Gasteiger partial charge on any atom is -0.504 e. The zero-order chi connectivity index (χ0) is 24.1. The van der Waals surface area contributed by atoms with Crippen molar-refractivity contribution in [2.24, 2.45) is 4.99 Å². The molecular weight excluding hydrogens is 452 g/mol. The van der Waals surface area contributed by atoms with Crippen molar-refractivity contribution in [3.8, 4) is 23.0 Å². The second-order valence-electron chi connectivity index (χ2n) is 7.20. The van der Waals surface area contributed by atoms with Gasteiger partial charge in [0.1, 0.15) is 11.5 Å². The molecule has 0 saturated carbocycles. The fraction of sp³-hybridized carbons (Fsp3) is 0.154. The number of amidine groups is 1. The van der Waals surface area contributed by atoms with E-state index in [1.807, 2.05) is 43.3 Å². The maximum absolute atomic E-state index is 13.5. The van der Waals surface area contributed by atoms with Crippen LogP contribution < -0.4 is 19.1 Å². The Kier molecular flexibility index (Phi) is 7.08. The number of thioether (sulfide) groups is 1. The van der Waals surface area contributed by atoms with Crippen molar-refractivity contribution in [1.82, 2.24) is 0 Å². The summed E-state index contributed by atoms with van der Waals surface area (Å²) < 4.78 is 15.9. The third kappa shape index (κ3) is 5.02. The molecular formula is C26H24N2O5S. The van der Waals surface area contributed by atoms with Crippen molar-refractivity contribution in [3.05, 3.63) is 77.2 Å². The van der Waals surface area contributed by atoms with Crippen LogP contribution in [-0.2, 0) is 4.79 Å². The van der Waals surface area contributed by atoms with Crippen LogP contribution in [0.2, 0.25) is 0 Å². The predicted octanol–water partition coefficient (Wildman–Crippen LogP) is 5.62. The Hall–Kier alpha value is -3.91. The van der Waals surface area contributed by atoms with Gasteiger partial charge in [-0.05, 0) is 91.0 Å². The van der Waals surface area contributed by atoms with E-state index in [9.17, 15) is 9.90 Å².